The van der Waals surface area contributed by atoms with Crippen molar-refractivity contribution in [2.45, 2.75) is 31.2 Å². The molecular formula is C14H22O5S2. The summed E-state index contributed by atoms with van der Waals surface area (Å²) < 4.78 is 21.9. The van der Waals surface area contributed by atoms with Crippen LogP contribution in [-0.2, 0) is 18.9 Å². The predicted molar refractivity (Wildman–Crippen MR) is 82.8 cm³/mol. The van der Waals surface area contributed by atoms with Crippen LogP contribution in [0.15, 0.2) is 0 Å². The lowest BCUT2D eigenvalue weighted by molar-refractivity contribution is -0.151. The van der Waals surface area contributed by atoms with Crippen molar-refractivity contribution in [3.63, 3.8) is 0 Å². The normalized spacial score (nSPS) is 40.0. The summed E-state index contributed by atoms with van der Waals surface area (Å²) in [7, 11) is 1.63. The van der Waals surface area contributed by atoms with Gasteiger partial charge in [0.05, 0.1) is 6.10 Å². The van der Waals surface area contributed by atoms with E-state index < -0.39 is 6.16 Å². The summed E-state index contributed by atoms with van der Waals surface area (Å²) in [5.74, 6) is 4.65. The molecule has 0 N–H and O–H groups in total. The molecule has 5 nitrogen and oxygen atoms in total. The second kappa shape index (κ2) is 7.44. The molecule has 3 aliphatic heterocycles. The van der Waals surface area contributed by atoms with Crippen LogP contribution in [0.3, 0.4) is 0 Å². The fraction of sp³-hybridized carbons (Fsp3) is 0.929. The van der Waals surface area contributed by atoms with Crippen LogP contribution in [0.5, 0.6) is 0 Å². The average molecular weight is 334 g/mol. The predicted octanol–water partition coefficient (Wildman–Crippen LogP) is 2.39. The van der Waals surface area contributed by atoms with Crippen molar-refractivity contribution in [3.8, 4) is 0 Å². The number of hydrogen-bond donors (Lipinski definition) is 0. The number of carbonyl (C=O) groups excluding carboxylic acids is 1. The highest BCUT2D eigenvalue weighted by Crippen LogP contribution is 2.40. The van der Waals surface area contributed by atoms with E-state index in [2.05, 4.69) is 0 Å². The Kier molecular flexibility index (Phi) is 5.59. The molecule has 120 valence electrons. The van der Waals surface area contributed by atoms with Crippen LogP contribution >= 0.6 is 23.5 Å². The minimum Gasteiger partial charge on any atom is -0.430 e. The van der Waals surface area contributed by atoms with E-state index in [4.69, 9.17) is 18.9 Å². The standard InChI is InChI=1S/C14H22O5S2/c1-16-8-17-11-2-4-20-6-9(11)13-10-7-21-5-3-12(10)18-14(15)19-13/h9-13H,2-8H2,1H3/t9-,10-,11+,12-,13-/m0/s1. The summed E-state index contributed by atoms with van der Waals surface area (Å²) in [6, 6.07) is 0. The maximum absolute atomic E-state index is 11.8. The third kappa shape index (κ3) is 3.63. The van der Waals surface area contributed by atoms with Gasteiger partial charge in [-0.25, -0.2) is 4.79 Å². The molecule has 0 spiro atoms. The van der Waals surface area contributed by atoms with E-state index in [1.165, 1.54) is 0 Å². The van der Waals surface area contributed by atoms with Gasteiger partial charge in [-0.05, 0) is 24.3 Å². The molecule has 0 radical (unpaired) electrons. The maximum atomic E-state index is 11.8. The Morgan fingerprint density at radius 2 is 1.90 bits per heavy atom. The van der Waals surface area contributed by atoms with Crippen molar-refractivity contribution in [2.24, 2.45) is 11.8 Å². The van der Waals surface area contributed by atoms with Crippen LogP contribution < -0.4 is 0 Å². The van der Waals surface area contributed by atoms with Crippen LogP contribution in [0.2, 0.25) is 0 Å². The zero-order chi connectivity index (χ0) is 14.7. The van der Waals surface area contributed by atoms with E-state index in [0.29, 0.717) is 12.7 Å². The van der Waals surface area contributed by atoms with Crippen LogP contribution in [0.4, 0.5) is 4.79 Å². The first kappa shape index (κ1) is 15.8. The van der Waals surface area contributed by atoms with Gasteiger partial charge >= 0.3 is 6.16 Å². The van der Waals surface area contributed by atoms with Gasteiger partial charge in [0.2, 0.25) is 0 Å². The maximum Gasteiger partial charge on any atom is 0.508 e. The number of cyclic esters (lactones) is 1. The molecule has 0 unspecified atom stereocenters. The van der Waals surface area contributed by atoms with Crippen LogP contribution in [-0.4, -0.2) is 61.4 Å². The fourth-order valence-corrected chi connectivity index (χ4v) is 5.84. The summed E-state index contributed by atoms with van der Waals surface area (Å²) in [5.41, 5.74) is 0. The zero-order valence-corrected chi connectivity index (χ0v) is 13.8. The first-order chi connectivity index (χ1) is 10.3. The fourth-order valence-electron chi connectivity index (χ4n) is 3.36. The minimum atomic E-state index is -0.505. The van der Waals surface area contributed by atoms with Gasteiger partial charge in [-0.15, -0.1) is 0 Å². The van der Waals surface area contributed by atoms with Crippen molar-refractivity contribution in [1.29, 1.82) is 0 Å². The largest absolute Gasteiger partial charge is 0.508 e. The van der Waals surface area contributed by atoms with E-state index in [1.807, 2.05) is 23.5 Å². The van der Waals surface area contributed by atoms with Crippen molar-refractivity contribution >= 4 is 29.7 Å². The third-order valence-electron chi connectivity index (χ3n) is 4.39. The van der Waals surface area contributed by atoms with E-state index in [1.54, 1.807) is 7.11 Å². The van der Waals surface area contributed by atoms with E-state index in [0.717, 1.165) is 35.9 Å². The molecular weight excluding hydrogens is 312 g/mol. The molecule has 3 saturated heterocycles. The highest BCUT2D eigenvalue weighted by molar-refractivity contribution is 7.99. The van der Waals surface area contributed by atoms with Crippen LogP contribution in [0.25, 0.3) is 0 Å². The van der Waals surface area contributed by atoms with Gasteiger partial charge in [0, 0.05) is 30.5 Å². The molecule has 0 saturated carbocycles. The van der Waals surface area contributed by atoms with Gasteiger partial charge in [0.1, 0.15) is 19.0 Å². The van der Waals surface area contributed by atoms with Crippen molar-refractivity contribution in [2.75, 3.05) is 36.9 Å². The average Bonchev–Trinajstić information content (AvgIpc) is 2.52. The molecule has 0 aliphatic carbocycles. The molecule has 0 amide bonds. The second-order valence-corrected chi connectivity index (χ2v) is 7.95. The first-order valence-electron chi connectivity index (χ1n) is 7.43. The number of hydrogen-bond acceptors (Lipinski definition) is 7. The quantitative estimate of drug-likeness (QED) is 0.578. The molecule has 0 bridgehead atoms. The van der Waals surface area contributed by atoms with Gasteiger partial charge in [-0.2, -0.15) is 23.5 Å². The molecule has 3 heterocycles. The van der Waals surface area contributed by atoms with Crippen molar-refractivity contribution in [1.82, 2.24) is 0 Å². The topological polar surface area (TPSA) is 54.0 Å². The van der Waals surface area contributed by atoms with Gasteiger partial charge < -0.3 is 18.9 Å². The molecule has 0 aromatic carbocycles. The number of rotatable bonds is 4. The number of methoxy groups -OCH3 is 1. The van der Waals surface area contributed by atoms with Crippen molar-refractivity contribution in [3.05, 3.63) is 0 Å². The minimum absolute atomic E-state index is 0.0208. The van der Waals surface area contributed by atoms with Crippen molar-refractivity contribution < 1.29 is 23.7 Å². The van der Waals surface area contributed by atoms with Crippen LogP contribution in [0, 0.1) is 11.8 Å². The molecule has 0 aromatic heterocycles. The Hall–Kier alpha value is -0.110. The Morgan fingerprint density at radius 3 is 2.71 bits per heavy atom. The molecule has 0 aromatic rings. The smallest absolute Gasteiger partial charge is 0.430 e. The lowest BCUT2D eigenvalue weighted by Gasteiger charge is -2.45. The first-order valence-corrected chi connectivity index (χ1v) is 9.74. The summed E-state index contributed by atoms with van der Waals surface area (Å²) >= 11 is 3.84. The Labute approximate surface area is 133 Å². The van der Waals surface area contributed by atoms with Gasteiger partial charge in [-0.3, -0.25) is 0 Å². The molecule has 3 fully saturated rings. The van der Waals surface area contributed by atoms with E-state index in [-0.39, 0.29) is 24.2 Å². The number of thioether (sulfide) groups is 2. The second-order valence-electron chi connectivity index (χ2n) is 5.66. The Bertz CT molecular complexity index is 367. The Morgan fingerprint density at radius 1 is 1.14 bits per heavy atom. The number of fused-ring (bicyclic) bond motifs is 1. The Balaban J connectivity index is 1.72. The zero-order valence-electron chi connectivity index (χ0n) is 12.2. The monoisotopic (exact) mass is 334 g/mol. The molecule has 3 rings (SSSR count). The summed E-state index contributed by atoms with van der Waals surface area (Å²) in [5, 5.41) is 0. The lowest BCUT2D eigenvalue weighted by Crippen LogP contribution is -2.54. The van der Waals surface area contributed by atoms with Gasteiger partial charge in [-0.1, -0.05) is 0 Å². The molecule has 5 atom stereocenters. The number of carbonyl (C=O) groups is 1. The summed E-state index contributed by atoms with van der Waals surface area (Å²) in [4.78, 5) is 11.8. The van der Waals surface area contributed by atoms with E-state index in [9.17, 15) is 4.79 Å². The molecule has 7 heteroatoms. The van der Waals surface area contributed by atoms with Gasteiger partial charge in [0.25, 0.3) is 0 Å². The van der Waals surface area contributed by atoms with E-state index >= 15 is 0 Å². The lowest BCUT2D eigenvalue weighted by atomic mass is 9.83. The summed E-state index contributed by atoms with van der Waals surface area (Å²) in [6.07, 6.45) is 1.46. The highest BCUT2D eigenvalue weighted by atomic mass is 32.2. The van der Waals surface area contributed by atoms with Crippen LogP contribution in [0.1, 0.15) is 12.8 Å². The SMILES string of the molecule is COCO[C@@H]1CCSC[C@@H]1[C@@H]1OC(=O)O[C@H]2CCSC[C@H]12. The molecule has 3 aliphatic rings. The summed E-state index contributed by atoms with van der Waals surface area (Å²) in [6.45, 7) is 0.297. The highest BCUT2D eigenvalue weighted by Gasteiger charge is 2.48. The van der Waals surface area contributed by atoms with Gasteiger partial charge in [0.15, 0.2) is 0 Å². The molecule has 21 heavy (non-hydrogen) atoms. The third-order valence-corrected chi connectivity index (χ3v) is 6.68. The number of ether oxygens (including phenoxy) is 4.